The van der Waals surface area contributed by atoms with Crippen molar-refractivity contribution >= 4 is 5.97 Å². The molecule has 0 atom stereocenters. The van der Waals surface area contributed by atoms with E-state index in [-0.39, 0.29) is 6.04 Å². The van der Waals surface area contributed by atoms with Crippen molar-refractivity contribution in [3.8, 4) is 0 Å². The van der Waals surface area contributed by atoms with Crippen LogP contribution in [0, 0.1) is 5.41 Å². The predicted octanol–water partition coefficient (Wildman–Crippen LogP) is 1.28. The fourth-order valence-electron chi connectivity index (χ4n) is 2.36. The summed E-state index contributed by atoms with van der Waals surface area (Å²) in [7, 11) is 0. The van der Waals surface area contributed by atoms with Gasteiger partial charge in [0, 0.05) is 25.7 Å². The Morgan fingerprint density at radius 2 is 2.22 bits per heavy atom. The zero-order valence-electron chi connectivity index (χ0n) is 10.8. The summed E-state index contributed by atoms with van der Waals surface area (Å²) in [5, 5.41) is 13.7. The van der Waals surface area contributed by atoms with Crippen LogP contribution >= 0.6 is 0 Å². The SMILES string of the molecule is CC(C)n1ncnc1CC1(C(=O)O)CCOCC1. The molecule has 0 spiro atoms. The molecule has 0 aromatic carbocycles. The first kappa shape index (κ1) is 13.0. The van der Waals surface area contributed by atoms with E-state index in [2.05, 4.69) is 10.1 Å². The highest BCUT2D eigenvalue weighted by molar-refractivity contribution is 5.75. The second-order valence-corrected chi connectivity index (χ2v) is 5.09. The third kappa shape index (κ3) is 2.38. The van der Waals surface area contributed by atoms with Gasteiger partial charge >= 0.3 is 5.97 Å². The summed E-state index contributed by atoms with van der Waals surface area (Å²) in [6.07, 6.45) is 2.98. The molecule has 2 heterocycles. The van der Waals surface area contributed by atoms with Gasteiger partial charge in [0.05, 0.1) is 5.41 Å². The molecule has 0 unspecified atom stereocenters. The normalized spacial score (nSPS) is 19.1. The van der Waals surface area contributed by atoms with Crippen molar-refractivity contribution in [3.05, 3.63) is 12.2 Å². The first-order valence-corrected chi connectivity index (χ1v) is 6.25. The number of hydrogen-bond donors (Lipinski definition) is 1. The van der Waals surface area contributed by atoms with Crippen molar-refractivity contribution in [3.63, 3.8) is 0 Å². The summed E-state index contributed by atoms with van der Waals surface area (Å²) in [5.74, 6) is -0.0154. The fourth-order valence-corrected chi connectivity index (χ4v) is 2.36. The second kappa shape index (κ2) is 5.06. The zero-order chi connectivity index (χ0) is 13.2. The maximum absolute atomic E-state index is 11.6. The number of rotatable bonds is 4. The maximum atomic E-state index is 11.6. The summed E-state index contributed by atoms with van der Waals surface area (Å²) in [5.41, 5.74) is -0.752. The van der Waals surface area contributed by atoms with E-state index in [1.807, 2.05) is 13.8 Å². The van der Waals surface area contributed by atoms with Gasteiger partial charge in [0.25, 0.3) is 0 Å². The minimum atomic E-state index is -0.760. The van der Waals surface area contributed by atoms with Gasteiger partial charge in [-0.05, 0) is 26.7 Å². The van der Waals surface area contributed by atoms with Crippen LogP contribution in [0.1, 0.15) is 38.6 Å². The lowest BCUT2D eigenvalue weighted by molar-refractivity contribution is -0.155. The van der Waals surface area contributed by atoms with E-state index in [9.17, 15) is 9.90 Å². The number of carboxylic acid groups (broad SMARTS) is 1. The van der Waals surface area contributed by atoms with Crippen molar-refractivity contribution in [2.24, 2.45) is 5.41 Å². The highest BCUT2D eigenvalue weighted by atomic mass is 16.5. The molecule has 0 amide bonds. The Hall–Kier alpha value is -1.43. The van der Waals surface area contributed by atoms with E-state index >= 15 is 0 Å². The van der Waals surface area contributed by atoms with Crippen LogP contribution < -0.4 is 0 Å². The molecule has 1 aromatic heterocycles. The van der Waals surface area contributed by atoms with Crippen LogP contribution in [0.5, 0.6) is 0 Å². The van der Waals surface area contributed by atoms with Gasteiger partial charge in [-0.2, -0.15) is 5.10 Å². The Bertz CT molecular complexity index is 422. The molecular formula is C12H19N3O3. The Labute approximate surface area is 106 Å². The van der Waals surface area contributed by atoms with Crippen LogP contribution in [0.2, 0.25) is 0 Å². The zero-order valence-corrected chi connectivity index (χ0v) is 10.8. The Morgan fingerprint density at radius 3 is 2.78 bits per heavy atom. The monoisotopic (exact) mass is 253 g/mol. The molecular weight excluding hydrogens is 234 g/mol. The van der Waals surface area contributed by atoms with Crippen molar-refractivity contribution in [1.82, 2.24) is 14.8 Å². The van der Waals surface area contributed by atoms with Crippen molar-refractivity contribution in [2.75, 3.05) is 13.2 Å². The van der Waals surface area contributed by atoms with Crippen molar-refractivity contribution in [2.45, 2.75) is 39.2 Å². The molecule has 0 bridgehead atoms. The predicted molar refractivity (Wildman–Crippen MR) is 64.2 cm³/mol. The van der Waals surface area contributed by atoms with Crippen LogP contribution in [0.3, 0.4) is 0 Å². The van der Waals surface area contributed by atoms with E-state index in [1.165, 1.54) is 6.33 Å². The van der Waals surface area contributed by atoms with Crippen LogP contribution in [0.15, 0.2) is 6.33 Å². The lowest BCUT2D eigenvalue weighted by atomic mass is 9.77. The minimum Gasteiger partial charge on any atom is -0.481 e. The Kier molecular flexibility index (Phi) is 3.65. The highest BCUT2D eigenvalue weighted by Gasteiger charge is 2.41. The van der Waals surface area contributed by atoms with Gasteiger partial charge in [0.2, 0.25) is 0 Å². The molecule has 0 aliphatic carbocycles. The van der Waals surface area contributed by atoms with Crippen LogP contribution in [-0.2, 0) is 16.0 Å². The summed E-state index contributed by atoms with van der Waals surface area (Å²) < 4.78 is 7.06. The van der Waals surface area contributed by atoms with Crippen molar-refractivity contribution < 1.29 is 14.6 Å². The first-order chi connectivity index (χ1) is 8.55. The lowest BCUT2D eigenvalue weighted by Crippen LogP contribution is -2.40. The van der Waals surface area contributed by atoms with Crippen LogP contribution in [-0.4, -0.2) is 39.1 Å². The molecule has 1 aliphatic rings. The molecule has 18 heavy (non-hydrogen) atoms. The molecule has 2 rings (SSSR count). The van der Waals surface area contributed by atoms with Gasteiger partial charge in [-0.3, -0.25) is 4.79 Å². The van der Waals surface area contributed by atoms with Gasteiger partial charge in [-0.1, -0.05) is 0 Å². The summed E-state index contributed by atoms with van der Waals surface area (Å²) >= 11 is 0. The summed E-state index contributed by atoms with van der Waals surface area (Å²) in [6.45, 7) is 5.02. The minimum absolute atomic E-state index is 0.188. The van der Waals surface area contributed by atoms with Crippen LogP contribution in [0.4, 0.5) is 0 Å². The smallest absolute Gasteiger partial charge is 0.310 e. The Morgan fingerprint density at radius 1 is 1.56 bits per heavy atom. The third-order valence-electron chi connectivity index (χ3n) is 3.54. The van der Waals surface area contributed by atoms with E-state index in [0.717, 1.165) is 5.82 Å². The molecule has 1 aliphatic heterocycles. The molecule has 100 valence electrons. The van der Waals surface area contributed by atoms with E-state index < -0.39 is 11.4 Å². The van der Waals surface area contributed by atoms with E-state index in [1.54, 1.807) is 4.68 Å². The number of nitrogens with zero attached hydrogens (tertiary/aromatic N) is 3. The number of aliphatic carboxylic acids is 1. The molecule has 1 fully saturated rings. The van der Waals surface area contributed by atoms with E-state index in [0.29, 0.717) is 32.5 Å². The summed E-state index contributed by atoms with van der Waals surface area (Å²) in [4.78, 5) is 15.8. The largest absolute Gasteiger partial charge is 0.481 e. The molecule has 1 N–H and O–H groups in total. The van der Waals surface area contributed by atoms with Crippen LogP contribution in [0.25, 0.3) is 0 Å². The van der Waals surface area contributed by atoms with Gasteiger partial charge < -0.3 is 9.84 Å². The highest BCUT2D eigenvalue weighted by Crippen LogP contribution is 2.34. The number of hydrogen-bond acceptors (Lipinski definition) is 4. The average molecular weight is 253 g/mol. The quantitative estimate of drug-likeness (QED) is 0.874. The number of carboxylic acids is 1. The molecule has 1 aromatic rings. The van der Waals surface area contributed by atoms with Gasteiger partial charge in [0.15, 0.2) is 0 Å². The molecule has 6 heteroatoms. The number of carbonyl (C=O) groups is 1. The summed E-state index contributed by atoms with van der Waals surface area (Å²) in [6, 6.07) is 0.188. The second-order valence-electron chi connectivity index (χ2n) is 5.09. The molecule has 0 saturated carbocycles. The first-order valence-electron chi connectivity index (χ1n) is 6.25. The molecule has 1 saturated heterocycles. The van der Waals surface area contributed by atoms with Gasteiger partial charge in [0.1, 0.15) is 12.2 Å². The van der Waals surface area contributed by atoms with Crippen molar-refractivity contribution in [1.29, 1.82) is 0 Å². The molecule has 6 nitrogen and oxygen atoms in total. The standard InChI is InChI=1S/C12H19N3O3/c1-9(2)15-10(13-8-14-15)7-12(11(16)17)3-5-18-6-4-12/h8-9H,3-7H2,1-2H3,(H,16,17). The molecule has 0 radical (unpaired) electrons. The number of aromatic nitrogens is 3. The lowest BCUT2D eigenvalue weighted by Gasteiger charge is -2.32. The number of ether oxygens (including phenoxy) is 1. The van der Waals surface area contributed by atoms with Gasteiger partial charge in [-0.15, -0.1) is 0 Å². The van der Waals surface area contributed by atoms with Gasteiger partial charge in [-0.25, -0.2) is 9.67 Å². The fraction of sp³-hybridized carbons (Fsp3) is 0.750. The Balaban J connectivity index is 2.23. The van der Waals surface area contributed by atoms with E-state index in [4.69, 9.17) is 4.74 Å². The third-order valence-corrected chi connectivity index (χ3v) is 3.54. The maximum Gasteiger partial charge on any atom is 0.310 e. The topological polar surface area (TPSA) is 77.2 Å². The average Bonchev–Trinajstić information content (AvgIpc) is 2.78.